The molecule has 7 nitrogen and oxygen atoms in total. The Morgan fingerprint density at radius 3 is 2.38 bits per heavy atom. The number of benzene rings is 2. The molecule has 4 N–H and O–H groups in total. The molecule has 1 aliphatic rings. The number of unbranched alkanes of at least 4 members (excludes halogenated alkanes) is 4. The summed E-state index contributed by atoms with van der Waals surface area (Å²) in [5.41, 5.74) is 14.1. The minimum absolute atomic E-state index is 0.0667. The van der Waals surface area contributed by atoms with Crippen LogP contribution in [0.1, 0.15) is 75.8 Å². The highest BCUT2D eigenvalue weighted by Crippen LogP contribution is 2.28. The quantitative estimate of drug-likeness (QED) is 0.111. The third kappa shape index (κ3) is 9.92. The first-order valence-corrected chi connectivity index (χ1v) is 13.4. The molecule has 0 saturated heterocycles. The number of anilines is 2. The molecule has 0 aromatic heterocycles. The third-order valence-corrected chi connectivity index (χ3v) is 6.66. The molecule has 0 atom stereocenters. The van der Waals surface area contributed by atoms with Gasteiger partial charge in [0.15, 0.2) is 0 Å². The van der Waals surface area contributed by atoms with Gasteiger partial charge in [-0.1, -0.05) is 50.8 Å². The van der Waals surface area contributed by atoms with Gasteiger partial charge in [0.05, 0.1) is 12.0 Å². The largest absolute Gasteiger partial charge is 0.458 e. The van der Waals surface area contributed by atoms with Crippen LogP contribution in [0.15, 0.2) is 48.5 Å². The lowest BCUT2D eigenvalue weighted by Gasteiger charge is -2.27. The first-order valence-electron chi connectivity index (χ1n) is 13.4. The van der Waals surface area contributed by atoms with Gasteiger partial charge in [0.1, 0.15) is 12.4 Å². The molecule has 7 heteroatoms. The van der Waals surface area contributed by atoms with Crippen molar-refractivity contribution in [1.29, 1.82) is 0 Å². The van der Waals surface area contributed by atoms with E-state index < -0.39 is 5.97 Å². The minimum atomic E-state index is -0.484. The second-order valence-corrected chi connectivity index (χ2v) is 9.65. The number of rotatable bonds is 13. The van der Waals surface area contributed by atoms with Crippen molar-refractivity contribution in [3.05, 3.63) is 59.7 Å². The minimum Gasteiger partial charge on any atom is -0.458 e. The summed E-state index contributed by atoms with van der Waals surface area (Å²) in [6.45, 7) is 3.10. The van der Waals surface area contributed by atoms with Crippen molar-refractivity contribution < 1.29 is 23.8 Å². The Morgan fingerprint density at radius 2 is 1.68 bits per heavy atom. The van der Waals surface area contributed by atoms with Crippen LogP contribution in [0.5, 0.6) is 5.75 Å². The Morgan fingerprint density at radius 1 is 0.946 bits per heavy atom. The first kappa shape index (κ1) is 28.3. The maximum atomic E-state index is 12.6. The lowest BCUT2D eigenvalue weighted by atomic mass is 9.87. The first-order chi connectivity index (χ1) is 17.9. The summed E-state index contributed by atoms with van der Waals surface area (Å²) < 4.78 is 16.8. The molecule has 2 aromatic carbocycles. The molecule has 37 heavy (non-hydrogen) atoms. The second kappa shape index (κ2) is 15.1. The van der Waals surface area contributed by atoms with E-state index in [-0.39, 0.29) is 24.6 Å². The standard InChI is InChI=1S/C30H40N2O5/c1-2-3-4-5-6-19-35-26-16-11-23(12-17-26)30(34)37-27-14-7-22(8-15-27)9-18-29(33)36-21-24-10-13-25(31)20-28(24)32/h7-10,13-15,18,20,23,26H,2-6,11-12,16-17,19,21,31-32H2,1H3. The third-order valence-electron chi connectivity index (χ3n) is 6.66. The fraction of sp³-hybridized carbons (Fsp3) is 0.467. The van der Waals surface area contributed by atoms with Crippen LogP contribution in [0.3, 0.4) is 0 Å². The van der Waals surface area contributed by atoms with Gasteiger partial charge in [0, 0.05) is 29.6 Å². The maximum absolute atomic E-state index is 12.6. The number of carbonyl (C=O) groups is 2. The lowest BCUT2D eigenvalue weighted by molar-refractivity contribution is -0.141. The molecule has 0 aliphatic heterocycles. The topological polar surface area (TPSA) is 114 Å². The molecule has 0 heterocycles. The molecule has 0 bridgehead atoms. The van der Waals surface area contributed by atoms with E-state index in [9.17, 15) is 9.59 Å². The average Bonchev–Trinajstić information content (AvgIpc) is 2.90. The maximum Gasteiger partial charge on any atom is 0.331 e. The molecule has 200 valence electrons. The SMILES string of the molecule is CCCCCCCOC1CCC(C(=O)Oc2ccc(C=CC(=O)OCc3ccc(N)cc3N)cc2)CC1. The zero-order valence-corrected chi connectivity index (χ0v) is 21.8. The van der Waals surface area contributed by atoms with E-state index >= 15 is 0 Å². The molecule has 1 fully saturated rings. The summed E-state index contributed by atoms with van der Waals surface area (Å²) in [5, 5.41) is 0. The Balaban J connectivity index is 1.35. The summed E-state index contributed by atoms with van der Waals surface area (Å²) in [4.78, 5) is 24.6. The number of carbonyl (C=O) groups excluding carboxylic acids is 2. The van der Waals surface area contributed by atoms with E-state index in [1.807, 2.05) is 0 Å². The molecule has 0 spiro atoms. The van der Waals surface area contributed by atoms with Gasteiger partial charge < -0.3 is 25.7 Å². The Hall–Kier alpha value is -3.32. The second-order valence-electron chi connectivity index (χ2n) is 9.65. The summed E-state index contributed by atoms with van der Waals surface area (Å²) in [6.07, 6.45) is 12.8. The smallest absolute Gasteiger partial charge is 0.331 e. The van der Waals surface area contributed by atoms with Gasteiger partial charge in [-0.15, -0.1) is 0 Å². The van der Waals surface area contributed by atoms with Gasteiger partial charge in [0.25, 0.3) is 0 Å². The van der Waals surface area contributed by atoms with Crippen LogP contribution in [-0.2, 0) is 25.7 Å². The van der Waals surface area contributed by atoms with Crippen LogP contribution in [0.4, 0.5) is 11.4 Å². The Kier molecular flexibility index (Phi) is 11.5. The van der Waals surface area contributed by atoms with Crippen LogP contribution in [0.25, 0.3) is 6.08 Å². The number of ether oxygens (including phenoxy) is 3. The van der Waals surface area contributed by atoms with Crippen LogP contribution in [0, 0.1) is 5.92 Å². The van der Waals surface area contributed by atoms with Crippen molar-refractivity contribution in [2.75, 3.05) is 18.1 Å². The zero-order chi connectivity index (χ0) is 26.5. The van der Waals surface area contributed by atoms with Gasteiger partial charge in [-0.3, -0.25) is 4.79 Å². The zero-order valence-electron chi connectivity index (χ0n) is 21.8. The molecular weight excluding hydrogens is 468 g/mol. The summed E-state index contributed by atoms with van der Waals surface area (Å²) >= 11 is 0. The van der Waals surface area contributed by atoms with Crippen LogP contribution in [-0.4, -0.2) is 24.6 Å². The van der Waals surface area contributed by atoms with Gasteiger partial charge in [-0.05, 0) is 68.0 Å². The fourth-order valence-electron chi connectivity index (χ4n) is 4.37. The van der Waals surface area contributed by atoms with Crippen molar-refractivity contribution in [1.82, 2.24) is 0 Å². The van der Waals surface area contributed by atoms with Crippen molar-refractivity contribution in [3.63, 3.8) is 0 Å². The van der Waals surface area contributed by atoms with Crippen LogP contribution < -0.4 is 16.2 Å². The van der Waals surface area contributed by atoms with Crippen molar-refractivity contribution >= 4 is 29.4 Å². The molecule has 0 radical (unpaired) electrons. The molecule has 3 rings (SSSR count). The van der Waals surface area contributed by atoms with Crippen molar-refractivity contribution in [2.24, 2.45) is 5.92 Å². The van der Waals surface area contributed by atoms with E-state index in [0.717, 1.165) is 44.3 Å². The Labute approximate surface area is 220 Å². The van der Waals surface area contributed by atoms with E-state index in [2.05, 4.69) is 6.92 Å². The molecule has 2 aromatic rings. The van der Waals surface area contributed by atoms with Crippen molar-refractivity contribution in [3.8, 4) is 5.75 Å². The Bertz CT molecular complexity index is 1030. The molecule has 1 saturated carbocycles. The molecule has 1 aliphatic carbocycles. The van der Waals surface area contributed by atoms with E-state index in [1.54, 1.807) is 48.5 Å². The number of esters is 2. The monoisotopic (exact) mass is 508 g/mol. The number of nitrogen functional groups attached to an aromatic ring is 2. The van der Waals surface area contributed by atoms with Gasteiger partial charge in [-0.25, -0.2) is 4.79 Å². The predicted octanol–water partition coefficient (Wildman–Crippen LogP) is 6.06. The summed E-state index contributed by atoms with van der Waals surface area (Å²) in [7, 11) is 0. The van der Waals surface area contributed by atoms with E-state index in [1.165, 1.54) is 31.8 Å². The van der Waals surface area contributed by atoms with Gasteiger partial charge in [-0.2, -0.15) is 0 Å². The van der Waals surface area contributed by atoms with Crippen molar-refractivity contribution in [2.45, 2.75) is 77.4 Å². The molecular formula is C30H40N2O5. The van der Waals surface area contributed by atoms with Gasteiger partial charge in [0.2, 0.25) is 0 Å². The van der Waals surface area contributed by atoms with Crippen LogP contribution >= 0.6 is 0 Å². The summed E-state index contributed by atoms with van der Waals surface area (Å²) in [5.74, 6) is -0.266. The average molecular weight is 509 g/mol. The molecule has 0 amide bonds. The molecule has 0 unspecified atom stereocenters. The lowest BCUT2D eigenvalue weighted by Crippen LogP contribution is -2.29. The summed E-state index contributed by atoms with van der Waals surface area (Å²) in [6, 6.07) is 12.1. The van der Waals surface area contributed by atoms with E-state index in [0.29, 0.717) is 22.7 Å². The predicted molar refractivity (Wildman–Crippen MR) is 147 cm³/mol. The van der Waals surface area contributed by atoms with Crippen LogP contribution in [0.2, 0.25) is 0 Å². The highest BCUT2D eigenvalue weighted by Gasteiger charge is 2.28. The highest BCUT2D eigenvalue weighted by atomic mass is 16.5. The van der Waals surface area contributed by atoms with E-state index in [4.69, 9.17) is 25.7 Å². The number of hydrogen-bond acceptors (Lipinski definition) is 7. The normalized spacial score (nSPS) is 17.5. The number of nitrogens with two attached hydrogens (primary N) is 2. The number of hydrogen-bond donors (Lipinski definition) is 2. The van der Waals surface area contributed by atoms with Gasteiger partial charge >= 0.3 is 11.9 Å². The highest BCUT2D eigenvalue weighted by molar-refractivity contribution is 5.87. The fourth-order valence-corrected chi connectivity index (χ4v) is 4.37.